The lowest BCUT2D eigenvalue weighted by Gasteiger charge is -2.28. The van der Waals surface area contributed by atoms with Crippen LogP contribution in [0.25, 0.3) is 0 Å². The summed E-state index contributed by atoms with van der Waals surface area (Å²) in [5, 5.41) is 7.64. The molecule has 19 heavy (non-hydrogen) atoms. The Hall–Kier alpha value is -0.880. The first-order valence-electron chi connectivity index (χ1n) is 6.86. The molecule has 5 nitrogen and oxygen atoms in total. The first-order valence-corrected chi connectivity index (χ1v) is 8.81. The summed E-state index contributed by atoms with van der Waals surface area (Å²) >= 11 is 0. The Kier molecular flexibility index (Phi) is 4.62. The van der Waals surface area contributed by atoms with E-state index in [1.807, 2.05) is 19.3 Å². The van der Waals surface area contributed by atoms with Gasteiger partial charge in [-0.25, -0.2) is 8.42 Å². The smallest absolute Gasteiger partial charge is 0.150 e. The highest BCUT2D eigenvalue weighted by atomic mass is 32.2. The van der Waals surface area contributed by atoms with Gasteiger partial charge in [0.1, 0.15) is 9.84 Å². The molecule has 0 spiro atoms. The van der Waals surface area contributed by atoms with E-state index in [2.05, 4.69) is 10.4 Å². The second-order valence-corrected chi connectivity index (χ2v) is 7.83. The number of aromatic nitrogens is 2. The van der Waals surface area contributed by atoms with Crippen molar-refractivity contribution in [2.45, 2.75) is 43.4 Å². The van der Waals surface area contributed by atoms with Crippen LogP contribution in [0.15, 0.2) is 12.3 Å². The predicted octanol–water partition coefficient (Wildman–Crippen LogP) is 0.908. The highest BCUT2D eigenvalue weighted by molar-refractivity contribution is 7.91. The molecular formula is C13H23N3O2S. The van der Waals surface area contributed by atoms with Gasteiger partial charge in [-0.15, -0.1) is 0 Å². The van der Waals surface area contributed by atoms with E-state index in [1.165, 1.54) is 6.26 Å². The summed E-state index contributed by atoms with van der Waals surface area (Å²) in [5.74, 6) is 0. The molecule has 0 aromatic carbocycles. The van der Waals surface area contributed by atoms with Crippen molar-refractivity contribution >= 4 is 9.84 Å². The molecule has 108 valence electrons. The van der Waals surface area contributed by atoms with Crippen LogP contribution in [0.1, 0.15) is 31.4 Å². The maximum atomic E-state index is 11.6. The maximum absolute atomic E-state index is 11.6. The van der Waals surface area contributed by atoms with Gasteiger partial charge in [-0.05, 0) is 25.3 Å². The number of hydrogen-bond donors (Lipinski definition) is 1. The Labute approximate surface area is 115 Å². The van der Waals surface area contributed by atoms with Crippen LogP contribution in [-0.2, 0) is 23.3 Å². The minimum Gasteiger partial charge on any atom is -0.314 e. The van der Waals surface area contributed by atoms with Crippen molar-refractivity contribution < 1.29 is 8.42 Å². The average Bonchev–Trinajstić information content (AvgIpc) is 2.74. The van der Waals surface area contributed by atoms with Crippen LogP contribution in [0.5, 0.6) is 0 Å². The lowest BCUT2D eigenvalue weighted by Crippen LogP contribution is -2.39. The number of hydrogen-bond acceptors (Lipinski definition) is 4. The Morgan fingerprint density at radius 1 is 1.47 bits per heavy atom. The summed E-state index contributed by atoms with van der Waals surface area (Å²) in [6.07, 6.45) is 7.83. The zero-order valence-electron chi connectivity index (χ0n) is 11.7. The quantitative estimate of drug-likeness (QED) is 0.873. The Balaban J connectivity index is 1.77. The molecule has 1 aromatic heterocycles. The minimum atomic E-state index is -2.89. The van der Waals surface area contributed by atoms with Crippen LogP contribution in [0.3, 0.4) is 0 Å². The monoisotopic (exact) mass is 285 g/mol. The van der Waals surface area contributed by atoms with Crippen molar-refractivity contribution in [3.63, 3.8) is 0 Å². The maximum Gasteiger partial charge on any atom is 0.150 e. The van der Waals surface area contributed by atoms with E-state index in [4.69, 9.17) is 0 Å². The molecule has 6 heteroatoms. The van der Waals surface area contributed by atoms with Crippen LogP contribution in [0.2, 0.25) is 0 Å². The molecule has 2 unspecified atom stereocenters. The SMILES string of the molecule is Cn1ccc(CCNC2CCCC(S(C)(=O)=O)C2)n1. The van der Waals surface area contributed by atoms with E-state index in [-0.39, 0.29) is 5.25 Å². The molecule has 0 amide bonds. The van der Waals surface area contributed by atoms with Crippen molar-refractivity contribution in [1.29, 1.82) is 0 Å². The van der Waals surface area contributed by atoms with Crippen molar-refractivity contribution in [3.8, 4) is 0 Å². The van der Waals surface area contributed by atoms with Crippen LogP contribution >= 0.6 is 0 Å². The normalized spacial score (nSPS) is 24.5. The molecular weight excluding hydrogens is 262 g/mol. The van der Waals surface area contributed by atoms with E-state index in [0.29, 0.717) is 6.04 Å². The number of nitrogens with zero attached hydrogens (tertiary/aromatic N) is 2. The second-order valence-electron chi connectivity index (χ2n) is 5.50. The van der Waals surface area contributed by atoms with E-state index < -0.39 is 9.84 Å². The molecule has 1 aliphatic carbocycles. The Morgan fingerprint density at radius 2 is 2.26 bits per heavy atom. The van der Waals surface area contributed by atoms with Gasteiger partial charge in [0.15, 0.2) is 0 Å². The van der Waals surface area contributed by atoms with Gasteiger partial charge in [0.2, 0.25) is 0 Å². The molecule has 1 fully saturated rings. The number of aryl methyl sites for hydroxylation is 1. The third-order valence-electron chi connectivity index (χ3n) is 3.81. The lowest BCUT2D eigenvalue weighted by atomic mass is 9.95. The van der Waals surface area contributed by atoms with Crippen LogP contribution < -0.4 is 5.32 Å². The molecule has 0 bridgehead atoms. The second kappa shape index (κ2) is 6.05. The molecule has 1 saturated carbocycles. The summed E-state index contributed by atoms with van der Waals surface area (Å²) in [7, 11) is -0.977. The summed E-state index contributed by atoms with van der Waals surface area (Å²) in [5.41, 5.74) is 1.07. The molecule has 0 saturated heterocycles. The van der Waals surface area contributed by atoms with Crippen LogP contribution in [-0.4, -0.2) is 42.3 Å². The topological polar surface area (TPSA) is 64.0 Å². The fraction of sp³-hybridized carbons (Fsp3) is 0.769. The fourth-order valence-electron chi connectivity index (χ4n) is 2.72. The van der Waals surface area contributed by atoms with E-state index in [9.17, 15) is 8.42 Å². The van der Waals surface area contributed by atoms with Gasteiger partial charge >= 0.3 is 0 Å². The molecule has 1 N–H and O–H groups in total. The standard InChI is InChI=1S/C13H23N3O2S/c1-16-9-7-11(15-16)6-8-14-12-4-3-5-13(10-12)19(2,17)18/h7,9,12-14H,3-6,8,10H2,1-2H3. The van der Waals surface area contributed by atoms with Gasteiger partial charge < -0.3 is 5.32 Å². The first-order chi connectivity index (χ1) is 8.95. The third kappa shape index (κ3) is 4.31. The fourth-order valence-corrected chi connectivity index (χ4v) is 3.90. The molecule has 2 rings (SSSR count). The van der Waals surface area contributed by atoms with Gasteiger partial charge in [-0.2, -0.15) is 5.10 Å². The van der Waals surface area contributed by atoms with Gasteiger partial charge in [0.05, 0.1) is 10.9 Å². The van der Waals surface area contributed by atoms with Crippen molar-refractivity contribution in [2.24, 2.45) is 7.05 Å². The van der Waals surface area contributed by atoms with Crippen LogP contribution in [0.4, 0.5) is 0 Å². The molecule has 2 atom stereocenters. The highest BCUT2D eigenvalue weighted by Crippen LogP contribution is 2.23. The molecule has 0 radical (unpaired) electrons. The lowest BCUT2D eigenvalue weighted by molar-refractivity contribution is 0.373. The Bertz CT molecular complexity index is 510. The molecule has 1 heterocycles. The number of sulfone groups is 1. The highest BCUT2D eigenvalue weighted by Gasteiger charge is 2.28. The largest absolute Gasteiger partial charge is 0.314 e. The minimum absolute atomic E-state index is 0.159. The van der Waals surface area contributed by atoms with Gasteiger partial charge in [0, 0.05) is 38.5 Å². The van der Waals surface area contributed by atoms with E-state index in [0.717, 1.165) is 44.3 Å². The summed E-state index contributed by atoms with van der Waals surface area (Å²) in [6, 6.07) is 2.35. The third-order valence-corrected chi connectivity index (χ3v) is 5.45. The zero-order valence-corrected chi connectivity index (χ0v) is 12.5. The van der Waals surface area contributed by atoms with Crippen molar-refractivity contribution in [3.05, 3.63) is 18.0 Å². The summed E-state index contributed by atoms with van der Waals surface area (Å²) < 4.78 is 25.0. The average molecular weight is 285 g/mol. The van der Waals surface area contributed by atoms with Crippen LogP contribution in [0, 0.1) is 0 Å². The van der Waals surface area contributed by atoms with E-state index >= 15 is 0 Å². The van der Waals surface area contributed by atoms with Crippen molar-refractivity contribution in [2.75, 3.05) is 12.8 Å². The number of rotatable bonds is 5. The number of nitrogens with one attached hydrogen (secondary N) is 1. The van der Waals surface area contributed by atoms with E-state index in [1.54, 1.807) is 4.68 Å². The summed E-state index contributed by atoms with van der Waals surface area (Å²) in [4.78, 5) is 0. The molecule has 1 aromatic rings. The van der Waals surface area contributed by atoms with Gasteiger partial charge in [-0.1, -0.05) is 6.42 Å². The van der Waals surface area contributed by atoms with Gasteiger partial charge in [-0.3, -0.25) is 4.68 Å². The summed E-state index contributed by atoms with van der Waals surface area (Å²) in [6.45, 7) is 0.859. The first kappa shape index (κ1) is 14.5. The predicted molar refractivity (Wildman–Crippen MR) is 75.8 cm³/mol. The van der Waals surface area contributed by atoms with Gasteiger partial charge in [0.25, 0.3) is 0 Å². The zero-order chi connectivity index (χ0) is 13.9. The van der Waals surface area contributed by atoms with Crippen molar-refractivity contribution in [1.82, 2.24) is 15.1 Å². The molecule has 1 aliphatic rings. The Morgan fingerprint density at radius 3 is 2.89 bits per heavy atom. The molecule has 0 aliphatic heterocycles.